The SMILES string of the molecule is COc1cc(CN)ccc1Oc1ncncc1Cl. The van der Waals surface area contributed by atoms with Gasteiger partial charge in [0.1, 0.15) is 11.3 Å². The fourth-order valence-electron chi connectivity index (χ4n) is 1.40. The molecule has 94 valence electrons. The Morgan fingerprint density at radius 2 is 2.17 bits per heavy atom. The Morgan fingerprint density at radius 3 is 2.83 bits per heavy atom. The molecule has 1 aromatic heterocycles. The minimum Gasteiger partial charge on any atom is -0.493 e. The van der Waals surface area contributed by atoms with Crippen LogP contribution in [0.5, 0.6) is 17.4 Å². The Hall–Kier alpha value is -1.85. The second-order valence-electron chi connectivity index (χ2n) is 3.47. The van der Waals surface area contributed by atoms with Gasteiger partial charge in [-0.25, -0.2) is 9.97 Å². The van der Waals surface area contributed by atoms with Gasteiger partial charge in [0, 0.05) is 6.54 Å². The van der Waals surface area contributed by atoms with E-state index in [4.69, 9.17) is 26.8 Å². The van der Waals surface area contributed by atoms with Crippen LogP contribution in [0.4, 0.5) is 0 Å². The van der Waals surface area contributed by atoms with E-state index >= 15 is 0 Å². The molecule has 2 N–H and O–H groups in total. The number of nitrogens with two attached hydrogens (primary N) is 1. The average Bonchev–Trinajstić information content (AvgIpc) is 2.41. The van der Waals surface area contributed by atoms with Crippen molar-refractivity contribution in [1.82, 2.24) is 9.97 Å². The lowest BCUT2D eigenvalue weighted by molar-refractivity contribution is 0.373. The Bertz CT molecular complexity index is 549. The highest BCUT2D eigenvalue weighted by Gasteiger charge is 2.09. The normalized spacial score (nSPS) is 10.2. The van der Waals surface area contributed by atoms with Crippen LogP contribution in [-0.2, 0) is 6.54 Å². The standard InChI is InChI=1S/C12H12ClN3O2/c1-17-11-4-8(5-14)2-3-10(11)18-12-9(13)6-15-7-16-12/h2-4,6-7H,5,14H2,1H3. The smallest absolute Gasteiger partial charge is 0.241 e. The van der Waals surface area contributed by atoms with Gasteiger partial charge in [-0.3, -0.25) is 0 Å². The predicted octanol–water partition coefficient (Wildman–Crippen LogP) is 2.39. The molecule has 0 aliphatic rings. The molecule has 18 heavy (non-hydrogen) atoms. The summed E-state index contributed by atoms with van der Waals surface area (Å²) in [5.74, 6) is 1.38. The van der Waals surface area contributed by atoms with Gasteiger partial charge in [-0.2, -0.15) is 0 Å². The van der Waals surface area contributed by atoms with Crippen molar-refractivity contribution >= 4 is 11.6 Å². The number of hydrogen-bond acceptors (Lipinski definition) is 5. The van der Waals surface area contributed by atoms with Crippen molar-refractivity contribution in [3.8, 4) is 17.4 Å². The van der Waals surface area contributed by atoms with Gasteiger partial charge in [-0.1, -0.05) is 17.7 Å². The number of benzene rings is 1. The molecular formula is C12H12ClN3O2. The number of aromatic nitrogens is 2. The number of halogens is 1. The molecule has 0 unspecified atom stereocenters. The Labute approximate surface area is 110 Å². The van der Waals surface area contributed by atoms with E-state index in [0.29, 0.717) is 23.1 Å². The van der Waals surface area contributed by atoms with Gasteiger partial charge in [0.25, 0.3) is 0 Å². The summed E-state index contributed by atoms with van der Waals surface area (Å²) >= 11 is 5.92. The number of methoxy groups -OCH3 is 1. The summed E-state index contributed by atoms with van der Waals surface area (Å²) < 4.78 is 10.8. The first kappa shape index (κ1) is 12.6. The van der Waals surface area contributed by atoms with Crippen LogP contribution in [-0.4, -0.2) is 17.1 Å². The fourth-order valence-corrected chi connectivity index (χ4v) is 1.55. The molecule has 0 saturated heterocycles. The van der Waals surface area contributed by atoms with Crippen LogP contribution in [0.15, 0.2) is 30.7 Å². The number of nitrogens with zero attached hydrogens (tertiary/aromatic N) is 2. The third-order valence-electron chi connectivity index (χ3n) is 2.30. The minimum atomic E-state index is 0.283. The topological polar surface area (TPSA) is 70.3 Å². The highest BCUT2D eigenvalue weighted by molar-refractivity contribution is 6.31. The number of ether oxygens (including phenoxy) is 2. The highest BCUT2D eigenvalue weighted by Crippen LogP contribution is 2.33. The maximum Gasteiger partial charge on any atom is 0.241 e. The zero-order valence-corrected chi connectivity index (χ0v) is 10.5. The van der Waals surface area contributed by atoms with E-state index in [0.717, 1.165) is 5.56 Å². The van der Waals surface area contributed by atoms with Crippen LogP contribution >= 0.6 is 11.6 Å². The summed E-state index contributed by atoms with van der Waals surface area (Å²) in [6, 6.07) is 5.43. The maximum atomic E-state index is 5.92. The number of hydrogen-bond donors (Lipinski definition) is 1. The summed E-state index contributed by atoms with van der Waals surface area (Å²) in [5.41, 5.74) is 6.51. The summed E-state index contributed by atoms with van der Waals surface area (Å²) in [6.45, 7) is 0.435. The molecule has 6 heteroatoms. The Morgan fingerprint density at radius 1 is 1.33 bits per heavy atom. The van der Waals surface area contributed by atoms with Crippen LogP contribution in [0.3, 0.4) is 0 Å². The molecule has 5 nitrogen and oxygen atoms in total. The molecule has 0 radical (unpaired) electrons. The third kappa shape index (κ3) is 2.69. The Kier molecular flexibility index (Phi) is 3.96. The van der Waals surface area contributed by atoms with Gasteiger partial charge < -0.3 is 15.2 Å². The monoisotopic (exact) mass is 265 g/mol. The van der Waals surface area contributed by atoms with Crippen molar-refractivity contribution in [2.75, 3.05) is 7.11 Å². The van der Waals surface area contributed by atoms with Gasteiger partial charge >= 0.3 is 0 Å². The van der Waals surface area contributed by atoms with E-state index in [-0.39, 0.29) is 5.88 Å². The summed E-state index contributed by atoms with van der Waals surface area (Å²) in [5, 5.41) is 0.336. The lowest BCUT2D eigenvalue weighted by Crippen LogP contribution is -1.98. The van der Waals surface area contributed by atoms with E-state index in [1.807, 2.05) is 12.1 Å². The second kappa shape index (κ2) is 5.66. The summed E-state index contributed by atoms with van der Waals surface area (Å²) in [6.07, 6.45) is 2.83. The second-order valence-corrected chi connectivity index (χ2v) is 3.87. The summed E-state index contributed by atoms with van der Waals surface area (Å²) in [4.78, 5) is 7.73. The van der Waals surface area contributed by atoms with Crippen molar-refractivity contribution in [2.24, 2.45) is 5.73 Å². The van der Waals surface area contributed by atoms with Gasteiger partial charge in [0.15, 0.2) is 11.5 Å². The van der Waals surface area contributed by atoms with E-state index in [1.165, 1.54) is 12.5 Å². The fraction of sp³-hybridized carbons (Fsp3) is 0.167. The zero-order chi connectivity index (χ0) is 13.0. The molecule has 2 rings (SSSR count). The maximum absolute atomic E-state index is 5.92. The van der Waals surface area contributed by atoms with Crippen LogP contribution in [0.2, 0.25) is 5.02 Å². The Balaban J connectivity index is 2.32. The first-order chi connectivity index (χ1) is 8.74. The molecule has 0 bridgehead atoms. The van der Waals surface area contributed by atoms with Crippen LogP contribution < -0.4 is 15.2 Å². The van der Waals surface area contributed by atoms with Crippen LogP contribution in [0.25, 0.3) is 0 Å². The molecule has 0 saturated carbocycles. The van der Waals surface area contributed by atoms with Gasteiger partial charge in [-0.15, -0.1) is 0 Å². The first-order valence-electron chi connectivity index (χ1n) is 5.25. The van der Waals surface area contributed by atoms with Gasteiger partial charge in [-0.05, 0) is 17.7 Å². The summed E-state index contributed by atoms with van der Waals surface area (Å²) in [7, 11) is 1.56. The lowest BCUT2D eigenvalue weighted by Gasteiger charge is -2.11. The van der Waals surface area contributed by atoms with Crippen molar-refractivity contribution < 1.29 is 9.47 Å². The molecule has 0 atom stereocenters. The quantitative estimate of drug-likeness (QED) is 0.919. The van der Waals surface area contributed by atoms with Crippen molar-refractivity contribution in [3.63, 3.8) is 0 Å². The van der Waals surface area contributed by atoms with Gasteiger partial charge in [0.2, 0.25) is 5.88 Å². The third-order valence-corrected chi connectivity index (χ3v) is 2.56. The molecule has 0 amide bonds. The van der Waals surface area contributed by atoms with E-state index in [1.54, 1.807) is 13.2 Å². The molecule has 0 fully saturated rings. The molecule has 0 aliphatic carbocycles. The van der Waals surface area contributed by atoms with Crippen LogP contribution in [0.1, 0.15) is 5.56 Å². The molecule has 0 spiro atoms. The highest BCUT2D eigenvalue weighted by atomic mass is 35.5. The molecular weight excluding hydrogens is 254 g/mol. The van der Waals surface area contributed by atoms with E-state index in [9.17, 15) is 0 Å². The zero-order valence-electron chi connectivity index (χ0n) is 9.76. The van der Waals surface area contributed by atoms with E-state index in [2.05, 4.69) is 9.97 Å². The largest absolute Gasteiger partial charge is 0.493 e. The molecule has 1 aromatic carbocycles. The molecule has 2 aromatic rings. The average molecular weight is 266 g/mol. The van der Waals surface area contributed by atoms with Crippen molar-refractivity contribution in [2.45, 2.75) is 6.54 Å². The molecule has 0 aliphatic heterocycles. The lowest BCUT2D eigenvalue weighted by atomic mass is 10.2. The first-order valence-corrected chi connectivity index (χ1v) is 5.62. The minimum absolute atomic E-state index is 0.283. The van der Waals surface area contributed by atoms with Gasteiger partial charge in [0.05, 0.1) is 13.3 Å². The van der Waals surface area contributed by atoms with E-state index < -0.39 is 0 Å². The van der Waals surface area contributed by atoms with Crippen molar-refractivity contribution in [3.05, 3.63) is 41.3 Å². The van der Waals surface area contributed by atoms with Crippen molar-refractivity contribution in [1.29, 1.82) is 0 Å². The molecule has 1 heterocycles. The van der Waals surface area contributed by atoms with Crippen LogP contribution in [0, 0.1) is 0 Å². The predicted molar refractivity (Wildman–Crippen MR) is 68.0 cm³/mol. The number of rotatable bonds is 4.